The van der Waals surface area contributed by atoms with Crippen molar-refractivity contribution in [3.05, 3.63) is 84.2 Å². The topological polar surface area (TPSA) is 95.2 Å². The summed E-state index contributed by atoms with van der Waals surface area (Å²) < 4.78 is 28.5. The summed E-state index contributed by atoms with van der Waals surface area (Å²) in [4.78, 5) is 13.1. The molecule has 8 heteroatoms. The second-order valence-electron chi connectivity index (χ2n) is 7.74. The largest absolute Gasteiger partial charge is 0.355 e. The number of nitrogens with one attached hydrogen (secondary N) is 2. The van der Waals surface area contributed by atoms with Gasteiger partial charge in [-0.05, 0) is 42.5 Å². The number of rotatable bonds is 7. The van der Waals surface area contributed by atoms with E-state index in [1.54, 1.807) is 42.7 Å². The molecule has 1 amide bonds. The van der Waals surface area contributed by atoms with Gasteiger partial charge in [-0.2, -0.15) is 9.40 Å². The van der Waals surface area contributed by atoms with E-state index in [-0.39, 0.29) is 29.3 Å². The number of piperidine rings is 1. The highest BCUT2D eigenvalue weighted by molar-refractivity contribution is 7.89. The van der Waals surface area contributed by atoms with E-state index in [4.69, 9.17) is 0 Å². The average molecular weight is 439 g/mol. The third kappa shape index (κ3) is 4.86. The summed E-state index contributed by atoms with van der Waals surface area (Å²) in [6.45, 7) is 0.650. The molecule has 0 radical (unpaired) electrons. The molecule has 162 valence electrons. The van der Waals surface area contributed by atoms with Crippen molar-refractivity contribution in [2.45, 2.75) is 30.2 Å². The lowest BCUT2D eigenvalue weighted by Gasteiger charge is -2.38. The molecule has 1 saturated heterocycles. The van der Waals surface area contributed by atoms with Crippen molar-refractivity contribution < 1.29 is 13.2 Å². The zero-order valence-electron chi connectivity index (χ0n) is 17.1. The maximum atomic E-state index is 13.5. The zero-order valence-corrected chi connectivity index (χ0v) is 18.0. The number of sulfonamides is 1. The summed E-state index contributed by atoms with van der Waals surface area (Å²) in [7, 11) is -3.74. The first-order valence-corrected chi connectivity index (χ1v) is 11.9. The fourth-order valence-electron chi connectivity index (χ4n) is 4.04. The van der Waals surface area contributed by atoms with Crippen molar-refractivity contribution in [3.63, 3.8) is 0 Å². The number of amides is 1. The Morgan fingerprint density at radius 3 is 2.45 bits per heavy atom. The Bertz CT molecular complexity index is 1090. The van der Waals surface area contributed by atoms with Crippen molar-refractivity contribution >= 4 is 15.9 Å². The molecule has 0 bridgehead atoms. The van der Waals surface area contributed by atoms with Crippen LogP contribution in [0, 0.1) is 5.92 Å². The molecule has 3 aromatic rings. The summed E-state index contributed by atoms with van der Waals surface area (Å²) in [6, 6.07) is 17.8. The highest BCUT2D eigenvalue weighted by Crippen LogP contribution is 2.37. The molecule has 0 saturated carbocycles. The number of carbonyl (C=O) groups excluding carboxylic acids is 1. The predicted molar refractivity (Wildman–Crippen MR) is 118 cm³/mol. The van der Waals surface area contributed by atoms with E-state index in [0.717, 1.165) is 11.1 Å². The summed E-state index contributed by atoms with van der Waals surface area (Å²) in [5.41, 5.74) is 1.96. The third-order valence-electron chi connectivity index (χ3n) is 5.71. The van der Waals surface area contributed by atoms with Crippen LogP contribution in [0.15, 0.2) is 78.0 Å². The van der Waals surface area contributed by atoms with E-state index >= 15 is 0 Å². The molecule has 1 aromatic heterocycles. The van der Waals surface area contributed by atoms with E-state index in [1.165, 1.54) is 4.31 Å². The van der Waals surface area contributed by atoms with Crippen LogP contribution in [-0.2, 0) is 21.2 Å². The summed E-state index contributed by atoms with van der Waals surface area (Å²) in [5, 5.41) is 9.61. The molecule has 2 unspecified atom stereocenters. The Hall–Kier alpha value is -2.97. The van der Waals surface area contributed by atoms with E-state index in [0.29, 0.717) is 25.8 Å². The van der Waals surface area contributed by atoms with Gasteiger partial charge in [-0.3, -0.25) is 9.89 Å². The molecule has 1 fully saturated rings. The van der Waals surface area contributed by atoms with Crippen LogP contribution in [0.5, 0.6) is 0 Å². The maximum absolute atomic E-state index is 13.5. The van der Waals surface area contributed by atoms with E-state index in [9.17, 15) is 13.2 Å². The monoisotopic (exact) mass is 438 g/mol. The number of aromatic amines is 1. The summed E-state index contributed by atoms with van der Waals surface area (Å²) >= 11 is 0. The molecule has 2 aromatic carbocycles. The fraction of sp³-hybridized carbons (Fsp3) is 0.304. The number of aromatic nitrogens is 2. The Labute approximate surface area is 182 Å². The Balaban J connectivity index is 1.52. The number of hydrogen-bond acceptors (Lipinski definition) is 4. The minimum atomic E-state index is -3.74. The third-order valence-corrected chi connectivity index (χ3v) is 7.60. The lowest BCUT2D eigenvalue weighted by Crippen LogP contribution is -2.47. The van der Waals surface area contributed by atoms with Crippen LogP contribution in [0.4, 0.5) is 0 Å². The van der Waals surface area contributed by atoms with Gasteiger partial charge in [-0.15, -0.1) is 0 Å². The van der Waals surface area contributed by atoms with Crippen LogP contribution in [0.3, 0.4) is 0 Å². The van der Waals surface area contributed by atoms with Crippen LogP contribution in [0.25, 0.3) is 0 Å². The van der Waals surface area contributed by atoms with Gasteiger partial charge >= 0.3 is 0 Å². The smallest absolute Gasteiger partial charge is 0.243 e. The Kier molecular flexibility index (Phi) is 6.48. The van der Waals surface area contributed by atoms with Gasteiger partial charge in [-0.25, -0.2) is 8.42 Å². The molecule has 0 aliphatic carbocycles. The molecule has 7 nitrogen and oxygen atoms in total. The fourth-order valence-corrected chi connectivity index (χ4v) is 5.75. The number of nitrogens with zero attached hydrogens (tertiary/aromatic N) is 2. The lowest BCUT2D eigenvalue weighted by molar-refractivity contribution is -0.126. The average Bonchev–Trinajstić information content (AvgIpc) is 3.33. The molecular formula is C23H26N4O3S. The first-order chi connectivity index (χ1) is 15.1. The first kappa shape index (κ1) is 21.3. The van der Waals surface area contributed by atoms with Crippen LogP contribution < -0.4 is 5.32 Å². The van der Waals surface area contributed by atoms with Crippen molar-refractivity contribution in [1.29, 1.82) is 0 Å². The minimum Gasteiger partial charge on any atom is -0.355 e. The van der Waals surface area contributed by atoms with Gasteiger partial charge in [0.05, 0.1) is 23.1 Å². The molecule has 4 rings (SSSR count). The van der Waals surface area contributed by atoms with Crippen molar-refractivity contribution in [1.82, 2.24) is 19.8 Å². The van der Waals surface area contributed by atoms with E-state index in [1.807, 2.05) is 30.3 Å². The van der Waals surface area contributed by atoms with Gasteiger partial charge in [0, 0.05) is 19.3 Å². The van der Waals surface area contributed by atoms with Crippen molar-refractivity contribution in [2.24, 2.45) is 5.92 Å². The summed E-state index contributed by atoms with van der Waals surface area (Å²) in [6.07, 6.45) is 5.43. The molecule has 2 atom stereocenters. The van der Waals surface area contributed by atoms with Gasteiger partial charge in [0.15, 0.2) is 0 Å². The Morgan fingerprint density at radius 1 is 1.06 bits per heavy atom. The van der Waals surface area contributed by atoms with Crippen LogP contribution in [0.1, 0.15) is 30.0 Å². The highest BCUT2D eigenvalue weighted by atomic mass is 32.2. The second-order valence-corrected chi connectivity index (χ2v) is 9.63. The predicted octanol–water partition coefficient (Wildman–Crippen LogP) is 2.91. The molecule has 1 aliphatic heterocycles. The zero-order chi connectivity index (χ0) is 21.7. The molecule has 31 heavy (non-hydrogen) atoms. The SMILES string of the molecule is O=C(NCCc1cn[nH]c1)C1CCC(c2ccccc2)N(S(=O)(=O)c2ccccc2)C1. The number of carbonyl (C=O) groups is 1. The van der Waals surface area contributed by atoms with Gasteiger partial charge in [0.25, 0.3) is 0 Å². The normalized spacial score (nSPS) is 19.7. The first-order valence-electron chi connectivity index (χ1n) is 10.4. The maximum Gasteiger partial charge on any atom is 0.243 e. The van der Waals surface area contributed by atoms with Crippen LogP contribution in [-0.4, -0.2) is 41.9 Å². The highest BCUT2D eigenvalue weighted by Gasteiger charge is 2.39. The van der Waals surface area contributed by atoms with Gasteiger partial charge in [-0.1, -0.05) is 48.5 Å². The second kappa shape index (κ2) is 9.45. The number of H-pyrrole nitrogens is 1. The number of hydrogen-bond donors (Lipinski definition) is 2. The Morgan fingerprint density at radius 2 is 1.77 bits per heavy atom. The molecular weight excluding hydrogens is 412 g/mol. The van der Waals surface area contributed by atoms with Gasteiger partial charge < -0.3 is 5.32 Å². The van der Waals surface area contributed by atoms with E-state index < -0.39 is 10.0 Å². The quantitative estimate of drug-likeness (QED) is 0.593. The molecule has 2 heterocycles. The van der Waals surface area contributed by atoms with Gasteiger partial charge in [0.2, 0.25) is 15.9 Å². The van der Waals surface area contributed by atoms with Gasteiger partial charge in [0.1, 0.15) is 0 Å². The van der Waals surface area contributed by atoms with Crippen molar-refractivity contribution in [3.8, 4) is 0 Å². The molecule has 0 spiro atoms. The standard InChI is InChI=1S/C23H26N4O3S/c28-23(24-14-13-18-15-25-26-16-18)20-11-12-22(19-7-3-1-4-8-19)27(17-20)31(29,30)21-9-5-2-6-10-21/h1-10,15-16,20,22H,11-14,17H2,(H,24,28)(H,25,26). The minimum absolute atomic E-state index is 0.108. The van der Waals surface area contributed by atoms with E-state index in [2.05, 4.69) is 15.5 Å². The molecule has 2 N–H and O–H groups in total. The summed E-state index contributed by atoms with van der Waals surface area (Å²) in [5.74, 6) is -0.494. The number of benzene rings is 2. The van der Waals surface area contributed by atoms with Crippen molar-refractivity contribution in [2.75, 3.05) is 13.1 Å². The molecule has 1 aliphatic rings. The van der Waals surface area contributed by atoms with Crippen LogP contribution >= 0.6 is 0 Å². The lowest BCUT2D eigenvalue weighted by atomic mass is 9.90. The van der Waals surface area contributed by atoms with Crippen LogP contribution in [0.2, 0.25) is 0 Å².